The van der Waals surface area contributed by atoms with E-state index in [1.165, 1.54) is 163 Å². The fourth-order valence-corrected chi connectivity index (χ4v) is 12.9. The number of rotatable bonds is 0. The number of fused-ring (bicyclic) bond motifs is 16. The highest BCUT2D eigenvalue weighted by Crippen LogP contribution is 2.32. The maximum atomic E-state index is 2.28. The highest BCUT2D eigenvalue weighted by atomic mass is 14.1. The van der Waals surface area contributed by atoms with Crippen LogP contribution in [0.3, 0.4) is 0 Å². The van der Waals surface area contributed by atoms with Gasteiger partial charge in [-0.1, -0.05) is 320 Å². The number of benzene rings is 18. The molecule has 18 rings (SSSR count). The Labute approximate surface area is 528 Å². The van der Waals surface area contributed by atoms with Gasteiger partial charge in [0.15, 0.2) is 0 Å². The van der Waals surface area contributed by atoms with Crippen molar-refractivity contribution in [2.75, 3.05) is 0 Å². The van der Waals surface area contributed by atoms with Gasteiger partial charge in [-0.15, -0.1) is 0 Å². The van der Waals surface area contributed by atoms with Crippen molar-refractivity contribution in [1.29, 1.82) is 0 Å². The zero-order valence-corrected chi connectivity index (χ0v) is 52.2. The molecule has 0 heteroatoms. The molecule has 0 unspecified atom stereocenters. The Morgan fingerprint density at radius 2 is 0.400 bits per heavy atom. The minimum absolute atomic E-state index is 1.31. The van der Waals surface area contributed by atoms with Crippen molar-refractivity contribution in [3.63, 3.8) is 0 Å². The zero-order valence-electron chi connectivity index (χ0n) is 52.2. The van der Waals surface area contributed by atoms with Gasteiger partial charge in [0, 0.05) is 0 Å². The predicted molar refractivity (Wildman–Crippen MR) is 397 cm³/mol. The van der Waals surface area contributed by atoms with Crippen LogP contribution in [0.2, 0.25) is 0 Å². The van der Waals surface area contributed by atoms with Gasteiger partial charge < -0.3 is 0 Å². The molecule has 0 bridgehead atoms. The van der Waals surface area contributed by atoms with Gasteiger partial charge in [0.25, 0.3) is 0 Å². The number of aryl methyl sites for hydroxylation is 6. The monoisotopic (exact) mass is 1150 g/mol. The molecule has 90 heavy (non-hydrogen) atoms. The summed E-state index contributed by atoms with van der Waals surface area (Å²) in [5, 5.41) is 32.0. The van der Waals surface area contributed by atoms with Crippen molar-refractivity contribution >= 4 is 129 Å². The Morgan fingerprint density at radius 3 is 1.00 bits per heavy atom. The van der Waals surface area contributed by atoms with Crippen LogP contribution in [0.25, 0.3) is 129 Å². The average Bonchev–Trinajstić information content (AvgIpc) is 1.26. The Balaban J connectivity index is 0.0000000991. The summed E-state index contributed by atoms with van der Waals surface area (Å²) in [4.78, 5) is 0. The summed E-state index contributed by atoms with van der Waals surface area (Å²) in [6.07, 6.45) is 0. The van der Waals surface area contributed by atoms with Crippen molar-refractivity contribution in [3.05, 3.63) is 361 Å². The van der Waals surface area contributed by atoms with Crippen LogP contribution in [0.4, 0.5) is 0 Å². The van der Waals surface area contributed by atoms with Crippen LogP contribution in [0.5, 0.6) is 0 Å². The molecular formula is C90H72. The summed E-state index contributed by atoms with van der Waals surface area (Å²) in [5.74, 6) is 0. The van der Waals surface area contributed by atoms with Gasteiger partial charge in [0.1, 0.15) is 0 Å². The van der Waals surface area contributed by atoms with Crippen LogP contribution in [0.1, 0.15) is 33.4 Å². The number of hydrogen-bond acceptors (Lipinski definition) is 0. The van der Waals surface area contributed by atoms with Crippen LogP contribution >= 0.6 is 0 Å². The fourth-order valence-electron chi connectivity index (χ4n) is 12.9. The quantitative estimate of drug-likeness (QED) is 0.105. The van der Waals surface area contributed by atoms with Gasteiger partial charge in [-0.05, 0) is 212 Å². The molecule has 0 amide bonds. The molecule has 0 nitrogen and oxygen atoms in total. The summed E-state index contributed by atoms with van der Waals surface area (Å²) in [5.41, 5.74) is 8.00. The molecule has 0 aliphatic carbocycles. The molecule has 432 valence electrons. The second kappa shape index (κ2) is 26.2. The smallest absolute Gasteiger partial charge is 0.0103 e. The molecule has 0 aliphatic heterocycles. The van der Waals surface area contributed by atoms with Gasteiger partial charge in [-0.3, -0.25) is 0 Å². The SMILES string of the molecule is Cc1cc2ccccc2c2ccccc12.Cc1ccc2c(ccc3ccccc32)c1.Cc1ccc2cc3ccccc3cc2c1.Cc1ccc2ccc3ccccc3c2c1.Cc1cccc2c1ccc1ccccc12.Cc1cccc2cc3ccccc3cc12. The molecule has 0 fully saturated rings. The standard InChI is InChI=1S/6C15H12/c1-11-10-12-6-2-3-8-14(12)15-9-5-4-7-13(11)15;1-11-5-4-8-14-9-12-6-2-3-7-13(12)10-15(11)14;1-11-5-4-8-15-13(11)10-9-12-6-2-3-7-14(12)15;1-11-6-9-15-13(10-11)8-7-12-4-2-3-5-14(12)15;1-11-6-7-14-9-12-4-2-3-5-13(12)10-15(14)8-11;1-11-6-7-13-9-8-12-4-2-3-5-14(12)15(13)10-11/h6*2-10H,1H3. The highest BCUT2D eigenvalue weighted by Gasteiger charge is 2.06. The first-order valence-corrected chi connectivity index (χ1v) is 31.4. The Hall–Kier alpha value is -10.9. The topological polar surface area (TPSA) is 0 Å². The first-order valence-electron chi connectivity index (χ1n) is 31.4. The van der Waals surface area contributed by atoms with E-state index in [2.05, 4.69) is 369 Å². The van der Waals surface area contributed by atoms with Gasteiger partial charge >= 0.3 is 0 Å². The summed E-state index contributed by atoms with van der Waals surface area (Å²) >= 11 is 0. The van der Waals surface area contributed by atoms with Crippen LogP contribution in [-0.4, -0.2) is 0 Å². The highest BCUT2D eigenvalue weighted by molar-refractivity contribution is 6.11. The van der Waals surface area contributed by atoms with E-state index in [4.69, 9.17) is 0 Å². The minimum atomic E-state index is 1.31. The van der Waals surface area contributed by atoms with E-state index in [9.17, 15) is 0 Å². The summed E-state index contributed by atoms with van der Waals surface area (Å²) in [6, 6.07) is 117. The van der Waals surface area contributed by atoms with E-state index in [0.29, 0.717) is 0 Å². The molecular weight excluding hydrogens is 1080 g/mol. The Kier molecular flexibility index (Phi) is 16.9. The lowest BCUT2D eigenvalue weighted by Crippen LogP contribution is -1.81. The molecule has 0 saturated heterocycles. The molecule has 0 spiro atoms. The molecule has 0 atom stereocenters. The summed E-state index contributed by atoms with van der Waals surface area (Å²) in [7, 11) is 0. The summed E-state index contributed by atoms with van der Waals surface area (Å²) in [6.45, 7) is 12.9. The van der Waals surface area contributed by atoms with E-state index in [1.54, 1.807) is 0 Å². The van der Waals surface area contributed by atoms with E-state index in [-0.39, 0.29) is 0 Å². The van der Waals surface area contributed by atoms with Gasteiger partial charge in [-0.25, -0.2) is 0 Å². The van der Waals surface area contributed by atoms with Gasteiger partial charge in [0.2, 0.25) is 0 Å². The van der Waals surface area contributed by atoms with Crippen molar-refractivity contribution in [2.45, 2.75) is 41.5 Å². The van der Waals surface area contributed by atoms with Crippen molar-refractivity contribution in [3.8, 4) is 0 Å². The molecule has 0 aromatic heterocycles. The minimum Gasteiger partial charge on any atom is -0.0616 e. The van der Waals surface area contributed by atoms with Gasteiger partial charge in [-0.2, -0.15) is 0 Å². The molecule has 0 radical (unpaired) electrons. The Bertz CT molecular complexity index is 5490. The molecule has 0 N–H and O–H groups in total. The van der Waals surface area contributed by atoms with E-state index in [1.807, 2.05) is 0 Å². The third kappa shape index (κ3) is 12.6. The van der Waals surface area contributed by atoms with E-state index >= 15 is 0 Å². The van der Waals surface area contributed by atoms with Crippen molar-refractivity contribution in [2.24, 2.45) is 0 Å². The molecule has 18 aromatic carbocycles. The average molecular weight is 1150 g/mol. The van der Waals surface area contributed by atoms with Gasteiger partial charge in [0.05, 0.1) is 0 Å². The molecule has 0 heterocycles. The molecule has 0 saturated carbocycles. The van der Waals surface area contributed by atoms with Crippen LogP contribution in [0.15, 0.2) is 328 Å². The summed E-state index contributed by atoms with van der Waals surface area (Å²) < 4.78 is 0. The van der Waals surface area contributed by atoms with Crippen molar-refractivity contribution in [1.82, 2.24) is 0 Å². The normalized spacial score (nSPS) is 11.0. The lowest BCUT2D eigenvalue weighted by molar-refractivity contribution is 1.51. The third-order valence-electron chi connectivity index (χ3n) is 17.6. The van der Waals surface area contributed by atoms with E-state index < -0.39 is 0 Å². The lowest BCUT2D eigenvalue weighted by Gasteiger charge is -2.06. The maximum Gasteiger partial charge on any atom is -0.0103 e. The van der Waals surface area contributed by atoms with Crippen LogP contribution in [0, 0.1) is 41.5 Å². The first kappa shape index (κ1) is 58.1. The zero-order chi connectivity index (χ0) is 61.5. The molecule has 18 aromatic rings. The maximum absolute atomic E-state index is 2.28. The largest absolute Gasteiger partial charge is 0.0616 e. The predicted octanol–water partition coefficient (Wildman–Crippen LogP) is 25.8. The fraction of sp³-hybridized carbons (Fsp3) is 0.0667. The van der Waals surface area contributed by atoms with Crippen LogP contribution in [-0.2, 0) is 0 Å². The lowest BCUT2D eigenvalue weighted by atomic mass is 9.98. The third-order valence-corrected chi connectivity index (χ3v) is 17.6. The second-order valence-corrected chi connectivity index (χ2v) is 24.0. The van der Waals surface area contributed by atoms with Crippen LogP contribution < -0.4 is 0 Å². The first-order chi connectivity index (χ1) is 44.1. The second-order valence-electron chi connectivity index (χ2n) is 24.0. The van der Waals surface area contributed by atoms with E-state index in [0.717, 1.165) is 0 Å². The number of hydrogen-bond donors (Lipinski definition) is 0. The Morgan fingerprint density at radius 1 is 0.122 bits per heavy atom. The molecule has 0 aliphatic rings. The van der Waals surface area contributed by atoms with Crippen molar-refractivity contribution < 1.29 is 0 Å².